The van der Waals surface area contributed by atoms with Crippen LogP contribution in [-0.2, 0) is 14.3 Å². The molecule has 26 heavy (non-hydrogen) atoms. The molecule has 0 heterocycles. The molecule has 1 atom stereocenters. The standard InChI is InChI=1S/C17H19F3N2O4/c1-10(2)14(21-9-8-13(23)17(18,19)20)15(24)22-12-6-4-11(5-7-12)16(25)26-3/h4-10,14,21H,1-3H3,(H,22,24). The maximum Gasteiger partial charge on any atom is 0.454 e. The van der Waals surface area contributed by atoms with Crippen LogP contribution in [-0.4, -0.2) is 37.0 Å². The van der Waals surface area contributed by atoms with E-state index in [1.807, 2.05) is 0 Å². The van der Waals surface area contributed by atoms with E-state index in [1.165, 1.54) is 31.4 Å². The molecular weight excluding hydrogens is 353 g/mol. The molecular formula is C17H19F3N2O4. The quantitative estimate of drug-likeness (QED) is 0.568. The topological polar surface area (TPSA) is 84.5 Å². The summed E-state index contributed by atoms with van der Waals surface area (Å²) >= 11 is 0. The van der Waals surface area contributed by atoms with Gasteiger partial charge in [0.1, 0.15) is 6.04 Å². The molecule has 0 aliphatic heterocycles. The van der Waals surface area contributed by atoms with Crippen LogP contribution < -0.4 is 10.6 Å². The number of benzene rings is 1. The Morgan fingerprint density at radius 1 is 1.12 bits per heavy atom. The zero-order chi connectivity index (χ0) is 19.9. The maximum atomic E-state index is 12.3. The Morgan fingerprint density at radius 2 is 1.69 bits per heavy atom. The minimum absolute atomic E-state index is 0.269. The summed E-state index contributed by atoms with van der Waals surface area (Å²) in [5.41, 5.74) is 0.697. The zero-order valence-corrected chi connectivity index (χ0v) is 14.4. The number of halogens is 3. The molecule has 0 aliphatic carbocycles. The molecule has 9 heteroatoms. The Morgan fingerprint density at radius 3 is 2.15 bits per heavy atom. The molecule has 6 nitrogen and oxygen atoms in total. The third-order valence-electron chi connectivity index (χ3n) is 3.31. The molecule has 0 radical (unpaired) electrons. The summed E-state index contributed by atoms with van der Waals surface area (Å²) in [6.45, 7) is 3.38. The number of hydrogen-bond donors (Lipinski definition) is 2. The second-order valence-electron chi connectivity index (χ2n) is 5.64. The summed E-state index contributed by atoms with van der Waals surface area (Å²) in [5, 5.41) is 5.07. The van der Waals surface area contributed by atoms with Gasteiger partial charge in [-0.05, 0) is 30.2 Å². The van der Waals surface area contributed by atoms with E-state index >= 15 is 0 Å². The van der Waals surface area contributed by atoms with Gasteiger partial charge in [0, 0.05) is 18.0 Å². The van der Waals surface area contributed by atoms with Gasteiger partial charge in [0.15, 0.2) is 0 Å². The lowest BCUT2D eigenvalue weighted by Crippen LogP contribution is -2.42. The van der Waals surface area contributed by atoms with Crippen LogP contribution in [0.3, 0.4) is 0 Å². The van der Waals surface area contributed by atoms with Gasteiger partial charge in [-0.1, -0.05) is 13.8 Å². The van der Waals surface area contributed by atoms with Crippen LogP contribution in [0.4, 0.5) is 18.9 Å². The molecule has 0 aliphatic rings. The molecule has 0 saturated heterocycles. The molecule has 142 valence electrons. The summed E-state index contributed by atoms with van der Waals surface area (Å²) in [4.78, 5) is 34.4. The SMILES string of the molecule is COC(=O)c1ccc(NC(=O)C(NC=CC(=O)C(F)(F)F)C(C)C)cc1. The van der Waals surface area contributed by atoms with Crippen LogP contribution in [0.15, 0.2) is 36.5 Å². The summed E-state index contributed by atoms with van der Waals surface area (Å²) in [6, 6.07) is 5.03. The number of ether oxygens (including phenoxy) is 1. The summed E-state index contributed by atoms with van der Waals surface area (Å²) in [6.07, 6.45) is -3.83. The first-order valence-electron chi connectivity index (χ1n) is 7.59. The first kappa shape index (κ1) is 21.2. The van der Waals surface area contributed by atoms with Gasteiger partial charge in [-0.3, -0.25) is 9.59 Å². The number of methoxy groups -OCH3 is 1. The lowest BCUT2D eigenvalue weighted by Gasteiger charge is -2.20. The second kappa shape index (κ2) is 9.02. The molecule has 1 unspecified atom stereocenters. The van der Waals surface area contributed by atoms with Crippen molar-refractivity contribution in [1.29, 1.82) is 0 Å². The van der Waals surface area contributed by atoms with E-state index in [4.69, 9.17) is 0 Å². The largest absolute Gasteiger partial charge is 0.465 e. The second-order valence-corrected chi connectivity index (χ2v) is 5.64. The molecule has 1 aromatic carbocycles. The molecule has 2 N–H and O–H groups in total. The normalized spacial score (nSPS) is 12.7. The number of amides is 1. The molecule has 0 saturated carbocycles. The number of hydrogen-bond acceptors (Lipinski definition) is 5. The number of alkyl halides is 3. The van der Waals surface area contributed by atoms with Crippen molar-refractivity contribution in [2.45, 2.75) is 26.1 Å². The number of esters is 1. The zero-order valence-electron chi connectivity index (χ0n) is 14.4. The van der Waals surface area contributed by atoms with Gasteiger partial charge in [-0.15, -0.1) is 0 Å². The maximum absolute atomic E-state index is 12.3. The van der Waals surface area contributed by atoms with Crippen LogP contribution in [0, 0.1) is 5.92 Å². The van der Waals surface area contributed by atoms with E-state index in [1.54, 1.807) is 13.8 Å². The van der Waals surface area contributed by atoms with E-state index in [0.717, 1.165) is 6.20 Å². The average Bonchev–Trinajstić information content (AvgIpc) is 2.57. The Balaban J connectivity index is 2.75. The summed E-state index contributed by atoms with van der Waals surface area (Å²) in [7, 11) is 1.24. The van der Waals surface area contributed by atoms with E-state index in [0.29, 0.717) is 17.3 Å². The van der Waals surface area contributed by atoms with Gasteiger partial charge < -0.3 is 15.4 Å². The fourth-order valence-electron chi connectivity index (χ4n) is 1.92. The van der Waals surface area contributed by atoms with E-state index in [9.17, 15) is 27.6 Å². The minimum atomic E-state index is -4.96. The molecule has 1 amide bonds. The van der Waals surface area contributed by atoms with Crippen LogP contribution in [0.25, 0.3) is 0 Å². The number of carbonyl (C=O) groups excluding carboxylic acids is 3. The highest BCUT2D eigenvalue weighted by atomic mass is 19.4. The monoisotopic (exact) mass is 372 g/mol. The van der Waals surface area contributed by atoms with E-state index in [2.05, 4.69) is 15.4 Å². The van der Waals surface area contributed by atoms with Crippen molar-refractivity contribution in [3.63, 3.8) is 0 Å². The number of ketones is 1. The molecule has 0 spiro atoms. The number of carbonyl (C=O) groups is 3. The van der Waals surface area contributed by atoms with Crippen molar-refractivity contribution >= 4 is 23.3 Å². The fraction of sp³-hybridized carbons (Fsp3) is 0.353. The number of anilines is 1. The van der Waals surface area contributed by atoms with E-state index in [-0.39, 0.29) is 5.92 Å². The molecule has 0 bridgehead atoms. The fourth-order valence-corrected chi connectivity index (χ4v) is 1.92. The lowest BCUT2D eigenvalue weighted by atomic mass is 10.0. The number of allylic oxidation sites excluding steroid dienone is 1. The van der Waals surface area contributed by atoms with E-state index < -0.39 is 29.9 Å². The van der Waals surface area contributed by atoms with Gasteiger partial charge in [0.05, 0.1) is 12.7 Å². The van der Waals surface area contributed by atoms with Crippen molar-refractivity contribution in [3.8, 4) is 0 Å². The Hall–Kier alpha value is -2.84. The molecule has 1 rings (SSSR count). The van der Waals surface area contributed by atoms with Crippen LogP contribution in [0.1, 0.15) is 24.2 Å². The Labute approximate surface area is 148 Å². The van der Waals surface area contributed by atoms with Crippen molar-refractivity contribution in [2.75, 3.05) is 12.4 Å². The molecule has 0 aromatic heterocycles. The Bertz CT molecular complexity index is 682. The van der Waals surface area contributed by atoms with Crippen molar-refractivity contribution < 1.29 is 32.3 Å². The van der Waals surface area contributed by atoms with Crippen LogP contribution in [0.2, 0.25) is 0 Å². The Kier molecular flexibility index (Phi) is 7.36. The van der Waals surface area contributed by atoms with Crippen LogP contribution >= 0.6 is 0 Å². The van der Waals surface area contributed by atoms with Gasteiger partial charge in [0.25, 0.3) is 5.78 Å². The van der Waals surface area contributed by atoms with Gasteiger partial charge >= 0.3 is 12.1 Å². The van der Waals surface area contributed by atoms with Crippen molar-refractivity contribution in [2.24, 2.45) is 5.92 Å². The minimum Gasteiger partial charge on any atom is -0.465 e. The summed E-state index contributed by atoms with van der Waals surface area (Å²) in [5.74, 6) is -3.32. The van der Waals surface area contributed by atoms with Crippen LogP contribution in [0.5, 0.6) is 0 Å². The summed E-state index contributed by atoms with van der Waals surface area (Å²) < 4.78 is 41.0. The van der Waals surface area contributed by atoms with Crippen molar-refractivity contribution in [1.82, 2.24) is 5.32 Å². The highest BCUT2D eigenvalue weighted by molar-refractivity contribution is 5.96. The van der Waals surface area contributed by atoms with Gasteiger partial charge in [-0.2, -0.15) is 13.2 Å². The predicted octanol–water partition coefficient (Wildman–Crippen LogP) is 2.67. The third kappa shape index (κ3) is 6.23. The average molecular weight is 372 g/mol. The smallest absolute Gasteiger partial charge is 0.454 e. The number of rotatable bonds is 7. The molecule has 0 fully saturated rings. The van der Waals surface area contributed by atoms with Crippen molar-refractivity contribution in [3.05, 3.63) is 42.1 Å². The number of nitrogens with one attached hydrogen (secondary N) is 2. The first-order chi connectivity index (χ1) is 12.1. The highest BCUT2D eigenvalue weighted by Crippen LogP contribution is 2.16. The predicted molar refractivity (Wildman–Crippen MR) is 88.4 cm³/mol. The van der Waals surface area contributed by atoms with Gasteiger partial charge in [0.2, 0.25) is 5.91 Å². The molecule has 1 aromatic rings. The highest BCUT2D eigenvalue weighted by Gasteiger charge is 2.36. The third-order valence-corrected chi connectivity index (χ3v) is 3.31. The van der Waals surface area contributed by atoms with Gasteiger partial charge in [-0.25, -0.2) is 4.79 Å². The first-order valence-corrected chi connectivity index (χ1v) is 7.59. The lowest BCUT2D eigenvalue weighted by molar-refractivity contribution is -0.165.